The van der Waals surface area contributed by atoms with Crippen LogP contribution in [0.2, 0.25) is 0 Å². The van der Waals surface area contributed by atoms with Crippen LogP contribution in [-0.4, -0.2) is 38.4 Å². The molecular weight excluding hydrogens is 260 g/mol. The van der Waals surface area contributed by atoms with Gasteiger partial charge in [0.2, 0.25) is 0 Å². The van der Waals surface area contributed by atoms with Gasteiger partial charge >= 0.3 is 11.9 Å². The number of allylic oxidation sites excluding steroid dienone is 2. The molecule has 2 heterocycles. The van der Waals surface area contributed by atoms with Crippen LogP contribution in [0.4, 0.5) is 0 Å². The number of carbonyl (C=O) groups is 2. The van der Waals surface area contributed by atoms with Gasteiger partial charge in [-0.2, -0.15) is 0 Å². The molecule has 0 aromatic rings. The topological polar surface area (TPSA) is 61.8 Å². The van der Waals surface area contributed by atoms with E-state index >= 15 is 0 Å². The normalized spacial score (nSPS) is 50.3. The van der Waals surface area contributed by atoms with Crippen molar-refractivity contribution in [3.63, 3.8) is 0 Å². The fourth-order valence-corrected chi connectivity index (χ4v) is 5.08. The van der Waals surface area contributed by atoms with Gasteiger partial charge in [0.1, 0.15) is 0 Å². The third kappa shape index (κ3) is 1.31. The zero-order valence-electron chi connectivity index (χ0n) is 11.5. The summed E-state index contributed by atoms with van der Waals surface area (Å²) >= 11 is 0. The molecule has 3 fully saturated rings. The van der Waals surface area contributed by atoms with Crippen molar-refractivity contribution in [1.82, 2.24) is 0 Å². The van der Waals surface area contributed by atoms with Crippen LogP contribution in [0.5, 0.6) is 0 Å². The molecule has 0 amide bonds. The molecule has 0 spiro atoms. The van der Waals surface area contributed by atoms with Crippen molar-refractivity contribution in [3.05, 3.63) is 12.2 Å². The zero-order valence-corrected chi connectivity index (χ0v) is 11.5. The Morgan fingerprint density at radius 1 is 0.950 bits per heavy atom. The number of hydrogen-bond acceptors (Lipinski definition) is 5. The van der Waals surface area contributed by atoms with E-state index < -0.39 is 11.8 Å². The predicted octanol–water partition coefficient (Wildman–Crippen LogP) is 0.784. The third-order valence-electron chi connectivity index (χ3n) is 5.70. The fourth-order valence-electron chi connectivity index (χ4n) is 5.08. The maximum absolute atomic E-state index is 12.1. The van der Waals surface area contributed by atoms with E-state index in [1.54, 1.807) is 0 Å². The van der Waals surface area contributed by atoms with Gasteiger partial charge in [0, 0.05) is 0 Å². The maximum Gasteiger partial charge on any atom is 0.312 e. The molecule has 0 radical (unpaired) electrons. The standard InChI is InChI=1S/C15H18O5/c1-18-14(16)10-11(15(17)19-2)13-9-7-4-3-6(5-7)8(9)12(10)20-13/h3-4,6-13H,5H2,1-2H3. The van der Waals surface area contributed by atoms with Crippen LogP contribution in [0.1, 0.15) is 6.42 Å². The molecule has 2 aliphatic heterocycles. The molecule has 4 aliphatic rings. The second-order valence-corrected chi connectivity index (χ2v) is 6.27. The molecule has 20 heavy (non-hydrogen) atoms. The summed E-state index contributed by atoms with van der Waals surface area (Å²) in [6.07, 6.45) is 5.24. The molecule has 5 nitrogen and oxygen atoms in total. The van der Waals surface area contributed by atoms with Gasteiger partial charge in [-0.15, -0.1) is 0 Å². The molecule has 5 heteroatoms. The van der Waals surface area contributed by atoms with Crippen LogP contribution in [0, 0.1) is 35.5 Å². The summed E-state index contributed by atoms with van der Waals surface area (Å²) in [5.41, 5.74) is 0. The minimum Gasteiger partial charge on any atom is -0.469 e. The summed E-state index contributed by atoms with van der Waals surface area (Å²) in [4.78, 5) is 24.2. The molecule has 2 saturated heterocycles. The van der Waals surface area contributed by atoms with Crippen LogP contribution in [0.25, 0.3) is 0 Å². The second-order valence-electron chi connectivity index (χ2n) is 6.27. The highest BCUT2D eigenvalue weighted by atomic mass is 16.6. The Balaban J connectivity index is 1.72. The highest BCUT2D eigenvalue weighted by Gasteiger charge is 2.69. The van der Waals surface area contributed by atoms with Gasteiger partial charge in [0.15, 0.2) is 0 Å². The van der Waals surface area contributed by atoms with E-state index in [4.69, 9.17) is 14.2 Å². The summed E-state index contributed by atoms with van der Waals surface area (Å²) in [6, 6.07) is 0. The lowest BCUT2D eigenvalue weighted by atomic mass is 9.65. The van der Waals surface area contributed by atoms with Crippen LogP contribution in [-0.2, 0) is 23.8 Å². The summed E-state index contributed by atoms with van der Waals surface area (Å²) < 4.78 is 15.8. The average molecular weight is 278 g/mol. The lowest BCUT2D eigenvalue weighted by molar-refractivity contribution is -0.159. The van der Waals surface area contributed by atoms with E-state index in [0.29, 0.717) is 23.7 Å². The molecule has 1 saturated carbocycles. The van der Waals surface area contributed by atoms with Crippen molar-refractivity contribution in [3.8, 4) is 0 Å². The number of ether oxygens (including phenoxy) is 3. The summed E-state index contributed by atoms with van der Waals surface area (Å²) in [5, 5.41) is 0. The Kier molecular flexibility index (Phi) is 2.52. The summed E-state index contributed by atoms with van der Waals surface area (Å²) in [6.45, 7) is 0. The third-order valence-corrected chi connectivity index (χ3v) is 5.70. The van der Waals surface area contributed by atoms with Gasteiger partial charge in [-0.1, -0.05) is 12.2 Å². The zero-order chi connectivity index (χ0) is 14.0. The lowest BCUT2D eigenvalue weighted by Gasteiger charge is -2.36. The van der Waals surface area contributed by atoms with Gasteiger partial charge in [-0.3, -0.25) is 9.59 Å². The average Bonchev–Trinajstić information content (AvgIpc) is 3.20. The SMILES string of the molecule is COC(=O)C1C2OC(C1C(=O)OC)C1C3C=CC(C3)C21. The van der Waals surface area contributed by atoms with E-state index in [9.17, 15) is 9.59 Å². The van der Waals surface area contributed by atoms with Crippen molar-refractivity contribution >= 4 is 11.9 Å². The first-order valence-corrected chi connectivity index (χ1v) is 7.16. The van der Waals surface area contributed by atoms with Crippen molar-refractivity contribution in [2.24, 2.45) is 35.5 Å². The Morgan fingerprint density at radius 3 is 1.80 bits per heavy atom. The minimum absolute atomic E-state index is 0.193. The first-order chi connectivity index (χ1) is 9.67. The number of esters is 2. The molecule has 2 aliphatic carbocycles. The molecule has 108 valence electrons. The van der Waals surface area contributed by atoms with E-state index in [2.05, 4.69) is 12.2 Å². The van der Waals surface area contributed by atoms with E-state index in [-0.39, 0.29) is 24.1 Å². The number of hydrogen-bond donors (Lipinski definition) is 0. The maximum atomic E-state index is 12.1. The second kappa shape index (κ2) is 4.07. The smallest absolute Gasteiger partial charge is 0.312 e. The number of fused-ring (bicyclic) bond motifs is 9. The summed E-state index contributed by atoms with van der Waals surface area (Å²) in [5.74, 6) is -0.00868. The van der Waals surface area contributed by atoms with Gasteiger partial charge in [-0.25, -0.2) is 0 Å². The Bertz CT molecular complexity index is 456. The number of carbonyl (C=O) groups excluding carboxylic acids is 2. The van der Waals surface area contributed by atoms with E-state index in [1.165, 1.54) is 14.2 Å². The monoisotopic (exact) mass is 278 g/mol. The highest BCUT2D eigenvalue weighted by molar-refractivity contribution is 5.84. The van der Waals surface area contributed by atoms with E-state index in [1.807, 2.05) is 0 Å². The van der Waals surface area contributed by atoms with Crippen molar-refractivity contribution in [2.75, 3.05) is 14.2 Å². The summed E-state index contributed by atoms with van der Waals surface area (Å²) in [7, 11) is 2.72. The van der Waals surface area contributed by atoms with Crippen molar-refractivity contribution < 1.29 is 23.8 Å². The molecule has 0 aromatic heterocycles. The lowest BCUT2D eigenvalue weighted by Crippen LogP contribution is -2.48. The van der Waals surface area contributed by atoms with Crippen LogP contribution >= 0.6 is 0 Å². The van der Waals surface area contributed by atoms with Gasteiger partial charge < -0.3 is 14.2 Å². The number of rotatable bonds is 2. The first-order valence-electron chi connectivity index (χ1n) is 7.16. The minimum atomic E-state index is -0.508. The molecule has 0 N–H and O–H groups in total. The van der Waals surface area contributed by atoms with Gasteiger partial charge in [-0.05, 0) is 30.1 Å². The Hall–Kier alpha value is -1.36. The number of methoxy groups -OCH3 is 2. The van der Waals surface area contributed by atoms with Crippen molar-refractivity contribution in [1.29, 1.82) is 0 Å². The quantitative estimate of drug-likeness (QED) is 0.552. The Labute approximate surface area is 117 Å². The largest absolute Gasteiger partial charge is 0.469 e. The molecule has 8 atom stereocenters. The first kappa shape index (κ1) is 12.4. The van der Waals surface area contributed by atoms with Crippen LogP contribution < -0.4 is 0 Å². The molecule has 4 rings (SSSR count). The van der Waals surface area contributed by atoms with E-state index in [0.717, 1.165) is 6.42 Å². The molecular formula is C15H18O5. The van der Waals surface area contributed by atoms with Crippen LogP contribution in [0.3, 0.4) is 0 Å². The van der Waals surface area contributed by atoms with Crippen molar-refractivity contribution in [2.45, 2.75) is 18.6 Å². The Morgan fingerprint density at radius 2 is 1.40 bits per heavy atom. The molecule has 8 unspecified atom stereocenters. The molecule has 4 bridgehead atoms. The highest BCUT2D eigenvalue weighted by Crippen LogP contribution is 2.63. The van der Waals surface area contributed by atoms with Gasteiger partial charge in [0.25, 0.3) is 0 Å². The fraction of sp³-hybridized carbons (Fsp3) is 0.733. The predicted molar refractivity (Wildman–Crippen MR) is 67.4 cm³/mol. The van der Waals surface area contributed by atoms with Gasteiger partial charge in [0.05, 0.1) is 38.3 Å². The molecule has 0 aromatic carbocycles. The van der Waals surface area contributed by atoms with Crippen LogP contribution in [0.15, 0.2) is 12.2 Å².